The molecule has 1 fully saturated rings. The number of amides is 2. The molecule has 0 aromatic carbocycles. The summed E-state index contributed by atoms with van der Waals surface area (Å²) < 4.78 is 18.7. The van der Waals surface area contributed by atoms with Gasteiger partial charge < -0.3 is 14.6 Å². The van der Waals surface area contributed by atoms with Crippen molar-refractivity contribution in [1.29, 1.82) is 0 Å². The summed E-state index contributed by atoms with van der Waals surface area (Å²) in [4.78, 5) is 26.1. The molecule has 23 heavy (non-hydrogen) atoms. The Labute approximate surface area is 137 Å². The third kappa shape index (κ3) is 3.29. The Bertz CT molecular complexity index is 716. The van der Waals surface area contributed by atoms with Gasteiger partial charge in [-0.3, -0.25) is 9.59 Å². The first kappa shape index (κ1) is 15.7. The molecule has 0 spiro atoms. The Morgan fingerprint density at radius 2 is 2.09 bits per heavy atom. The maximum atomic E-state index is 13.5. The Hall–Kier alpha value is -2.15. The Morgan fingerprint density at radius 3 is 2.65 bits per heavy atom. The van der Waals surface area contributed by atoms with Gasteiger partial charge in [0.15, 0.2) is 5.76 Å². The number of hydrogen-bond donors (Lipinski definition) is 1. The maximum Gasteiger partial charge on any atom is 0.287 e. The maximum absolute atomic E-state index is 13.5. The fourth-order valence-electron chi connectivity index (χ4n) is 2.67. The number of piperidine rings is 1. The van der Waals surface area contributed by atoms with Crippen LogP contribution >= 0.6 is 11.3 Å². The summed E-state index contributed by atoms with van der Waals surface area (Å²) >= 11 is 1.11. The van der Waals surface area contributed by atoms with E-state index in [-0.39, 0.29) is 22.7 Å². The normalized spacial score (nSPS) is 15.7. The van der Waals surface area contributed by atoms with E-state index in [0.29, 0.717) is 31.7 Å². The van der Waals surface area contributed by atoms with Gasteiger partial charge in [-0.2, -0.15) is 0 Å². The van der Waals surface area contributed by atoms with Gasteiger partial charge >= 0.3 is 0 Å². The van der Waals surface area contributed by atoms with Crippen LogP contribution in [0.25, 0.3) is 0 Å². The van der Waals surface area contributed by atoms with Crippen LogP contribution in [-0.4, -0.2) is 35.8 Å². The molecule has 2 amide bonds. The van der Waals surface area contributed by atoms with E-state index in [1.165, 1.54) is 12.3 Å². The smallest absolute Gasteiger partial charge is 0.287 e. The molecule has 1 aliphatic heterocycles. The van der Waals surface area contributed by atoms with Crippen LogP contribution in [0.3, 0.4) is 0 Å². The van der Waals surface area contributed by atoms with Crippen molar-refractivity contribution in [3.8, 4) is 0 Å². The number of carbonyl (C=O) groups is 2. The highest BCUT2D eigenvalue weighted by molar-refractivity contribution is 7.12. The lowest BCUT2D eigenvalue weighted by atomic mass is 10.0. The van der Waals surface area contributed by atoms with Gasteiger partial charge in [-0.15, -0.1) is 11.3 Å². The van der Waals surface area contributed by atoms with Gasteiger partial charge in [0.05, 0.1) is 6.26 Å². The Morgan fingerprint density at radius 1 is 1.35 bits per heavy atom. The summed E-state index contributed by atoms with van der Waals surface area (Å²) in [7, 11) is 0. The molecule has 0 unspecified atom stereocenters. The van der Waals surface area contributed by atoms with Gasteiger partial charge in [-0.05, 0) is 37.3 Å². The molecule has 0 radical (unpaired) electrons. The molecular weight excluding hydrogens is 319 g/mol. The third-order valence-corrected chi connectivity index (χ3v) is 4.87. The van der Waals surface area contributed by atoms with Crippen LogP contribution < -0.4 is 5.32 Å². The fraction of sp³-hybridized carbons (Fsp3) is 0.375. The van der Waals surface area contributed by atoms with Crippen molar-refractivity contribution in [2.45, 2.75) is 25.8 Å². The van der Waals surface area contributed by atoms with Crippen molar-refractivity contribution in [3.63, 3.8) is 0 Å². The van der Waals surface area contributed by atoms with Gasteiger partial charge in [0.2, 0.25) is 0 Å². The van der Waals surface area contributed by atoms with Gasteiger partial charge in [-0.25, -0.2) is 4.39 Å². The van der Waals surface area contributed by atoms with Crippen LogP contribution in [0.15, 0.2) is 28.2 Å². The van der Waals surface area contributed by atoms with E-state index in [2.05, 4.69) is 5.32 Å². The molecule has 2 aromatic rings. The largest absolute Gasteiger partial charge is 0.459 e. The van der Waals surface area contributed by atoms with E-state index in [1.54, 1.807) is 16.3 Å². The van der Waals surface area contributed by atoms with Crippen LogP contribution in [0.1, 0.15) is 38.6 Å². The monoisotopic (exact) mass is 336 g/mol. The molecule has 0 bridgehead atoms. The van der Waals surface area contributed by atoms with Crippen LogP contribution in [0.2, 0.25) is 0 Å². The van der Waals surface area contributed by atoms with Crippen LogP contribution in [-0.2, 0) is 0 Å². The highest BCUT2D eigenvalue weighted by atomic mass is 32.1. The van der Waals surface area contributed by atoms with Crippen LogP contribution in [0, 0.1) is 12.7 Å². The van der Waals surface area contributed by atoms with Gasteiger partial charge in [0.1, 0.15) is 10.7 Å². The first-order chi connectivity index (χ1) is 11.1. The van der Waals surface area contributed by atoms with Crippen molar-refractivity contribution in [2.75, 3.05) is 13.1 Å². The summed E-state index contributed by atoms with van der Waals surface area (Å²) in [6.45, 7) is 2.81. The molecule has 5 nitrogen and oxygen atoms in total. The molecule has 2 aromatic heterocycles. The zero-order valence-corrected chi connectivity index (χ0v) is 13.5. The average molecular weight is 336 g/mol. The number of thiophene rings is 1. The van der Waals surface area contributed by atoms with E-state index in [9.17, 15) is 14.0 Å². The number of rotatable bonds is 3. The zero-order chi connectivity index (χ0) is 16.4. The number of nitrogens with zero attached hydrogens (tertiary/aromatic N) is 1. The van der Waals surface area contributed by atoms with Crippen molar-refractivity contribution < 1.29 is 18.4 Å². The Balaban J connectivity index is 1.55. The molecule has 1 aliphatic rings. The SMILES string of the molecule is Cc1ccoc1C(=O)NC1CCN(C(=O)c2sccc2F)CC1. The number of hydrogen-bond acceptors (Lipinski definition) is 4. The summed E-state index contributed by atoms with van der Waals surface area (Å²) in [5, 5.41) is 4.50. The highest BCUT2D eigenvalue weighted by Gasteiger charge is 2.27. The van der Waals surface area contributed by atoms with Crippen LogP contribution in [0.4, 0.5) is 4.39 Å². The predicted molar refractivity (Wildman–Crippen MR) is 84.1 cm³/mol. The van der Waals surface area contributed by atoms with E-state index in [0.717, 1.165) is 16.9 Å². The number of nitrogens with one attached hydrogen (secondary N) is 1. The minimum absolute atomic E-state index is 0.00997. The molecule has 0 atom stereocenters. The van der Waals surface area contributed by atoms with Crippen LogP contribution in [0.5, 0.6) is 0 Å². The summed E-state index contributed by atoms with van der Waals surface area (Å²) in [6, 6.07) is 3.03. The molecule has 0 saturated carbocycles. The predicted octanol–water partition coefficient (Wildman–Crippen LogP) is 2.82. The number of aryl methyl sites for hydroxylation is 1. The fourth-order valence-corrected chi connectivity index (χ4v) is 3.41. The lowest BCUT2D eigenvalue weighted by molar-refractivity contribution is 0.0696. The van der Waals surface area contributed by atoms with Crippen molar-refractivity contribution in [3.05, 3.63) is 45.8 Å². The van der Waals surface area contributed by atoms with Gasteiger partial charge in [0.25, 0.3) is 11.8 Å². The minimum Gasteiger partial charge on any atom is -0.459 e. The molecule has 3 rings (SSSR count). The first-order valence-electron chi connectivity index (χ1n) is 7.43. The summed E-state index contributed by atoms with van der Waals surface area (Å²) in [6.07, 6.45) is 2.77. The van der Waals surface area contributed by atoms with Gasteiger partial charge in [-0.1, -0.05) is 0 Å². The molecule has 3 heterocycles. The third-order valence-electron chi connectivity index (χ3n) is 4.00. The van der Waals surface area contributed by atoms with Gasteiger partial charge in [0, 0.05) is 24.7 Å². The molecule has 1 N–H and O–H groups in total. The van der Waals surface area contributed by atoms with E-state index >= 15 is 0 Å². The number of likely N-dealkylation sites (tertiary alicyclic amines) is 1. The standard InChI is InChI=1S/C16H17FN2O3S/c1-10-4-8-22-13(10)15(20)18-11-2-6-19(7-3-11)16(21)14-12(17)5-9-23-14/h4-5,8-9,11H,2-3,6-7H2,1H3,(H,18,20). The van der Waals surface area contributed by atoms with E-state index in [1.807, 2.05) is 6.92 Å². The number of furan rings is 1. The topological polar surface area (TPSA) is 62.6 Å². The molecule has 7 heteroatoms. The van der Waals surface area contributed by atoms with Crippen molar-refractivity contribution >= 4 is 23.2 Å². The second-order valence-corrected chi connectivity index (χ2v) is 6.49. The second kappa shape index (κ2) is 6.54. The number of halogens is 1. The molecule has 122 valence electrons. The molecular formula is C16H17FN2O3S. The minimum atomic E-state index is -0.469. The zero-order valence-electron chi connectivity index (χ0n) is 12.7. The number of carbonyl (C=O) groups excluding carboxylic acids is 2. The van der Waals surface area contributed by atoms with E-state index in [4.69, 9.17) is 4.42 Å². The summed E-state index contributed by atoms with van der Waals surface area (Å²) in [5.74, 6) is -0.654. The summed E-state index contributed by atoms with van der Waals surface area (Å²) in [5.41, 5.74) is 0.795. The molecule has 0 aliphatic carbocycles. The lowest BCUT2D eigenvalue weighted by Crippen LogP contribution is -2.46. The van der Waals surface area contributed by atoms with Crippen molar-refractivity contribution in [1.82, 2.24) is 10.2 Å². The Kier molecular flexibility index (Phi) is 4.47. The quantitative estimate of drug-likeness (QED) is 0.937. The van der Waals surface area contributed by atoms with Crippen molar-refractivity contribution in [2.24, 2.45) is 0 Å². The molecule has 1 saturated heterocycles. The second-order valence-electron chi connectivity index (χ2n) is 5.57. The first-order valence-corrected chi connectivity index (χ1v) is 8.31. The average Bonchev–Trinajstić information content (AvgIpc) is 3.15. The highest BCUT2D eigenvalue weighted by Crippen LogP contribution is 2.20. The van der Waals surface area contributed by atoms with E-state index < -0.39 is 5.82 Å². The lowest BCUT2D eigenvalue weighted by Gasteiger charge is -2.32.